The minimum atomic E-state index is -1.92. The van der Waals surface area contributed by atoms with Crippen molar-refractivity contribution in [3.05, 3.63) is 70.8 Å². The summed E-state index contributed by atoms with van der Waals surface area (Å²) >= 11 is 6.30. The normalized spacial score (nSPS) is 24.3. The molecular weight excluding hydrogens is 562 g/mol. The van der Waals surface area contributed by atoms with E-state index in [-0.39, 0.29) is 43.8 Å². The number of fused-ring (bicyclic) bond motifs is 1. The van der Waals surface area contributed by atoms with Crippen LogP contribution >= 0.6 is 11.6 Å². The number of ether oxygens (including phenoxy) is 1. The molecule has 2 fully saturated rings. The topological polar surface area (TPSA) is 128 Å². The smallest absolute Gasteiger partial charge is 0.304 e. The zero-order valence-electron chi connectivity index (χ0n) is 23.5. The lowest BCUT2D eigenvalue weighted by atomic mass is 9.83. The van der Waals surface area contributed by atoms with E-state index in [1.165, 1.54) is 16.7 Å². The van der Waals surface area contributed by atoms with Gasteiger partial charge >= 0.3 is 5.97 Å². The summed E-state index contributed by atoms with van der Waals surface area (Å²) < 4.78 is 5.23. The van der Waals surface area contributed by atoms with Crippen molar-refractivity contribution in [3.8, 4) is 0 Å². The summed E-state index contributed by atoms with van der Waals surface area (Å²) in [7, 11) is 0. The van der Waals surface area contributed by atoms with Crippen molar-refractivity contribution in [2.24, 2.45) is 5.92 Å². The molecule has 222 valence electrons. The summed E-state index contributed by atoms with van der Waals surface area (Å²) in [5.74, 6) is -2.00. The Morgan fingerprint density at radius 2 is 2.00 bits per heavy atom. The van der Waals surface area contributed by atoms with Crippen LogP contribution in [0.3, 0.4) is 0 Å². The highest BCUT2D eigenvalue weighted by molar-refractivity contribution is 6.31. The Kier molecular flexibility index (Phi) is 8.41. The van der Waals surface area contributed by atoms with Crippen LogP contribution in [0.25, 0.3) is 0 Å². The molecule has 10 nitrogen and oxygen atoms in total. The molecular formula is C31H34ClN3O7. The Bertz CT molecular complexity index is 1450. The molecule has 4 atom stereocenters. The fourth-order valence-electron chi connectivity index (χ4n) is 6.03. The molecule has 3 heterocycles. The molecule has 1 unspecified atom stereocenters. The van der Waals surface area contributed by atoms with Crippen molar-refractivity contribution < 1.29 is 34.1 Å². The maximum absolute atomic E-state index is 13.9. The first-order valence-corrected chi connectivity index (χ1v) is 14.4. The summed E-state index contributed by atoms with van der Waals surface area (Å²) in [6, 6.07) is 11.8. The van der Waals surface area contributed by atoms with Gasteiger partial charge in [-0.3, -0.25) is 24.1 Å². The van der Waals surface area contributed by atoms with Gasteiger partial charge in [-0.2, -0.15) is 0 Å². The van der Waals surface area contributed by atoms with Gasteiger partial charge in [-0.1, -0.05) is 42.8 Å². The summed E-state index contributed by atoms with van der Waals surface area (Å²) in [6.07, 6.45) is 4.47. The van der Waals surface area contributed by atoms with E-state index >= 15 is 0 Å². The van der Waals surface area contributed by atoms with Crippen LogP contribution in [0, 0.1) is 5.92 Å². The standard InChI is InChI=1S/C31H34ClN3O7/c1-19(6-3-10-27(38)33-13-5-9-24(33)18-36)31(41)25-15-22(32)11-12-26(25)34(30(31)40)17-21-7-4-8-23(14-21)35-28(39)16-29(35)42-20(2)37/h3-4,6-8,11-12,14-15,19,24,29,36,41H,5,9-10,13,16-18H2,1-2H3/b6-3+/t19-,24-,29?,31+/m0/s1. The first-order valence-electron chi connectivity index (χ1n) is 14.0. The first kappa shape index (κ1) is 29.8. The van der Waals surface area contributed by atoms with E-state index in [1.807, 2.05) is 6.07 Å². The zero-order chi connectivity index (χ0) is 30.2. The molecule has 0 radical (unpaired) electrons. The van der Waals surface area contributed by atoms with Gasteiger partial charge in [-0.15, -0.1) is 0 Å². The molecule has 0 aliphatic carbocycles. The molecule has 2 saturated heterocycles. The number of likely N-dealkylation sites (tertiary alicyclic amines) is 1. The van der Waals surface area contributed by atoms with Gasteiger partial charge in [0.1, 0.15) is 0 Å². The minimum absolute atomic E-state index is 0.0719. The number of rotatable bonds is 9. The van der Waals surface area contributed by atoms with E-state index < -0.39 is 29.6 Å². The minimum Gasteiger partial charge on any atom is -0.441 e. The number of carbonyl (C=O) groups excluding carboxylic acids is 4. The Balaban J connectivity index is 1.36. The third kappa shape index (κ3) is 5.42. The van der Waals surface area contributed by atoms with E-state index in [0.29, 0.717) is 34.1 Å². The average Bonchev–Trinajstić information content (AvgIpc) is 3.51. The lowest BCUT2D eigenvalue weighted by Gasteiger charge is -2.39. The number of carbonyl (C=O) groups is 4. The number of benzene rings is 2. The largest absolute Gasteiger partial charge is 0.441 e. The number of aliphatic hydroxyl groups excluding tert-OH is 1. The van der Waals surface area contributed by atoms with Gasteiger partial charge in [0.2, 0.25) is 11.8 Å². The van der Waals surface area contributed by atoms with Crippen molar-refractivity contribution >= 4 is 46.7 Å². The van der Waals surface area contributed by atoms with Crippen molar-refractivity contribution in [2.75, 3.05) is 23.0 Å². The van der Waals surface area contributed by atoms with E-state index in [2.05, 4.69) is 0 Å². The molecule has 11 heteroatoms. The van der Waals surface area contributed by atoms with E-state index in [9.17, 15) is 29.4 Å². The Morgan fingerprint density at radius 3 is 2.71 bits per heavy atom. The second kappa shape index (κ2) is 11.9. The van der Waals surface area contributed by atoms with Crippen molar-refractivity contribution in [2.45, 2.75) is 63.9 Å². The Hall–Kier alpha value is -3.73. The molecule has 2 aromatic rings. The number of hydrogen-bond acceptors (Lipinski definition) is 7. The molecule has 3 aliphatic heterocycles. The van der Waals surface area contributed by atoms with E-state index in [4.69, 9.17) is 16.3 Å². The van der Waals surface area contributed by atoms with Gasteiger partial charge in [0.05, 0.1) is 31.3 Å². The highest BCUT2D eigenvalue weighted by Crippen LogP contribution is 2.47. The van der Waals surface area contributed by atoms with Gasteiger partial charge in [0, 0.05) is 42.1 Å². The highest BCUT2D eigenvalue weighted by atomic mass is 35.5. The van der Waals surface area contributed by atoms with E-state index in [0.717, 1.165) is 12.8 Å². The van der Waals surface area contributed by atoms with Gasteiger partial charge in [-0.25, -0.2) is 0 Å². The van der Waals surface area contributed by atoms with Crippen molar-refractivity contribution in [3.63, 3.8) is 0 Å². The van der Waals surface area contributed by atoms with Crippen LogP contribution in [0.5, 0.6) is 0 Å². The van der Waals surface area contributed by atoms with Crippen LogP contribution in [-0.4, -0.2) is 64.2 Å². The lowest BCUT2D eigenvalue weighted by Crippen LogP contribution is -2.54. The SMILES string of the molecule is CC(=O)OC1CC(=O)N1c1cccc(CN2C(=O)[C@@](O)([C@@H](C)/C=C/CC(=O)N3CCC[C@H]3CO)c3cc(Cl)ccc32)c1. The first-order chi connectivity index (χ1) is 20.0. The predicted octanol–water partition coefficient (Wildman–Crippen LogP) is 3.27. The number of nitrogens with zero attached hydrogens (tertiary/aromatic N) is 3. The van der Waals surface area contributed by atoms with Crippen LogP contribution in [0.4, 0.5) is 11.4 Å². The number of anilines is 2. The van der Waals surface area contributed by atoms with Gasteiger partial charge < -0.3 is 24.7 Å². The second-order valence-electron chi connectivity index (χ2n) is 11.0. The molecule has 5 rings (SSSR count). The summed E-state index contributed by atoms with van der Waals surface area (Å²) in [6.45, 7) is 3.64. The number of esters is 1. The molecule has 0 aromatic heterocycles. The summed E-state index contributed by atoms with van der Waals surface area (Å²) in [4.78, 5) is 54.9. The number of hydrogen-bond donors (Lipinski definition) is 2. The van der Waals surface area contributed by atoms with E-state index in [1.54, 1.807) is 60.4 Å². The quantitative estimate of drug-likeness (QED) is 0.259. The summed E-state index contributed by atoms with van der Waals surface area (Å²) in [5.41, 5.74) is 0.189. The molecule has 2 N–H and O–H groups in total. The van der Waals surface area contributed by atoms with Crippen LogP contribution in [0.2, 0.25) is 5.02 Å². The molecule has 42 heavy (non-hydrogen) atoms. The maximum Gasteiger partial charge on any atom is 0.304 e. The number of halogens is 1. The Morgan fingerprint density at radius 1 is 1.21 bits per heavy atom. The summed E-state index contributed by atoms with van der Waals surface area (Å²) in [5, 5.41) is 21.8. The second-order valence-corrected chi connectivity index (χ2v) is 11.4. The molecule has 0 bridgehead atoms. The fourth-order valence-corrected chi connectivity index (χ4v) is 6.20. The van der Waals surface area contributed by atoms with Crippen molar-refractivity contribution in [1.82, 2.24) is 4.90 Å². The number of aliphatic hydroxyl groups is 2. The van der Waals surface area contributed by atoms with Crippen molar-refractivity contribution in [1.29, 1.82) is 0 Å². The molecule has 0 saturated carbocycles. The fraction of sp³-hybridized carbons (Fsp3) is 0.419. The molecule has 3 amide bonds. The third-order valence-corrected chi connectivity index (χ3v) is 8.49. The molecule has 0 spiro atoms. The number of β-lactam (4-membered cyclic amide) rings is 1. The van der Waals surface area contributed by atoms with Gasteiger partial charge in [0.25, 0.3) is 5.91 Å². The van der Waals surface area contributed by atoms with Crippen LogP contribution in [-0.2, 0) is 36.1 Å². The van der Waals surface area contributed by atoms with Gasteiger partial charge in [0.15, 0.2) is 11.8 Å². The average molecular weight is 596 g/mol. The maximum atomic E-state index is 13.9. The number of amides is 3. The zero-order valence-corrected chi connectivity index (χ0v) is 24.3. The lowest BCUT2D eigenvalue weighted by molar-refractivity contribution is -0.154. The van der Waals surface area contributed by atoms with Gasteiger partial charge in [-0.05, 0) is 48.7 Å². The third-order valence-electron chi connectivity index (χ3n) is 8.25. The Labute approximate surface area is 249 Å². The van der Waals surface area contributed by atoms with Crippen LogP contribution in [0.15, 0.2) is 54.6 Å². The predicted molar refractivity (Wildman–Crippen MR) is 155 cm³/mol. The highest BCUT2D eigenvalue weighted by Gasteiger charge is 2.52. The monoisotopic (exact) mass is 595 g/mol. The van der Waals surface area contributed by atoms with Crippen LogP contribution < -0.4 is 9.80 Å². The molecule has 3 aliphatic rings. The van der Waals surface area contributed by atoms with Crippen LogP contribution in [0.1, 0.15) is 50.7 Å². The molecule has 2 aromatic carbocycles.